The molecule has 0 aliphatic carbocycles. The van der Waals surface area contributed by atoms with E-state index in [1.54, 1.807) is 41.3 Å². The fourth-order valence-electron chi connectivity index (χ4n) is 2.54. The van der Waals surface area contributed by atoms with Crippen molar-refractivity contribution in [1.82, 2.24) is 0 Å². The molecule has 6 heteroatoms. The van der Waals surface area contributed by atoms with E-state index < -0.39 is 5.91 Å². The van der Waals surface area contributed by atoms with Crippen LogP contribution in [0.25, 0.3) is 0 Å². The second-order valence-electron chi connectivity index (χ2n) is 5.89. The predicted octanol–water partition coefficient (Wildman–Crippen LogP) is 5.11. The van der Waals surface area contributed by atoms with Crippen molar-refractivity contribution < 1.29 is 4.79 Å². The summed E-state index contributed by atoms with van der Waals surface area (Å²) in [4.78, 5) is 14.4. The lowest BCUT2D eigenvalue weighted by molar-refractivity contribution is -0.112. The summed E-state index contributed by atoms with van der Waals surface area (Å²) < 4.78 is 0. The molecule has 3 aromatic rings. The molecule has 0 aliphatic heterocycles. The number of nitrogen functional groups attached to an aromatic ring is 1. The Balaban J connectivity index is 1.97. The van der Waals surface area contributed by atoms with Crippen molar-refractivity contribution in [1.29, 1.82) is 5.26 Å². The van der Waals surface area contributed by atoms with Crippen molar-refractivity contribution in [2.45, 2.75) is 0 Å². The summed E-state index contributed by atoms with van der Waals surface area (Å²) in [5, 5.41) is 12.6. The molecule has 0 saturated heterocycles. The Hall–Kier alpha value is -3.75. The molecule has 0 fully saturated rings. The molecule has 3 aromatic carbocycles. The van der Waals surface area contributed by atoms with Gasteiger partial charge < -0.3 is 16.0 Å². The first-order valence-electron chi connectivity index (χ1n) is 8.46. The van der Waals surface area contributed by atoms with E-state index in [9.17, 15) is 10.1 Å². The molecule has 0 heterocycles. The summed E-state index contributed by atoms with van der Waals surface area (Å²) in [6, 6.07) is 25.4. The highest BCUT2D eigenvalue weighted by Gasteiger charge is 2.15. The maximum atomic E-state index is 12.6. The predicted molar refractivity (Wildman–Crippen MR) is 113 cm³/mol. The highest BCUT2D eigenvalue weighted by molar-refractivity contribution is 6.34. The molecule has 0 unspecified atom stereocenters. The molecular formula is C22H17ClN4O. The van der Waals surface area contributed by atoms with Crippen LogP contribution in [0.1, 0.15) is 0 Å². The molecule has 138 valence electrons. The van der Waals surface area contributed by atoms with Gasteiger partial charge in [-0.25, -0.2) is 0 Å². The van der Waals surface area contributed by atoms with Crippen molar-refractivity contribution in [2.24, 2.45) is 0 Å². The number of nitrogens with zero attached hydrogens (tertiary/aromatic N) is 2. The Kier molecular flexibility index (Phi) is 5.95. The van der Waals surface area contributed by atoms with Gasteiger partial charge in [-0.1, -0.05) is 41.9 Å². The summed E-state index contributed by atoms with van der Waals surface area (Å²) in [6.45, 7) is 0. The number of carbonyl (C=O) groups is 1. The Morgan fingerprint density at radius 1 is 0.964 bits per heavy atom. The lowest BCUT2D eigenvalue weighted by Gasteiger charge is -2.21. The van der Waals surface area contributed by atoms with Crippen LogP contribution in [0.15, 0.2) is 90.6 Å². The van der Waals surface area contributed by atoms with Crippen molar-refractivity contribution in [3.63, 3.8) is 0 Å². The molecule has 3 rings (SSSR count). The first-order chi connectivity index (χ1) is 13.6. The number of nitrogens with one attached hydrogen (secondary N) is 1. The van der Waals surface area contributed by atoms with E-state index >= 15 is 0 Å². The van der Waals surface area contributed by atoms with Crippen molar-refractivity contribution in [3.05, 3.63) is 95.7 Å². The van der Waals surface area contributed by atoms with E-state index in [2.05, 4.69) is 5.32 Å². The molecule has 0 radical (unpaired) electrons. The van der Waals surface area contributed by atoms with Gasteiger partial charge in [0.25, 0.3) is 5.91 Å². The fraction of sp³-hybridized carbons (Fsp3) is 0. The first kappa shape index (κ1) is 19.0. The topological polar surface area (TPSA) is 82.2 Å². The molecule has 0 aromatic heterocycles. The highest BCUT2D eigenvalue weighted by Crippen LogP contribution is 2.28. The molecule has 0 atom stereocenters. The van der Waals surface area contributed by atoms with Crippen LogP contribution in [0.4, 0.5) is 22.7 Å². The number of nitriles is 1. The zero-order valence-electron chi connectivity index (χ0n) is 14.8. The fourth-order valence-corrected chi connectivity index (χ4v) is 2.72. The van der Waals surface area contributed by atoms with Crippen LogP contribution in [0.2, 0.25) is 5.02 Å². The number of halogens is 1. The second kappa shape index (κ2) is 8.76. The van der Waals surface area contributed by atoms with Gasteiger partial charge in [-0.15, -0.1) is 0 Å². The number of rotatable bonds is 5. The minimum absolute atomic E-state index is 0.0689. The summed E-state index contributed by atoms with van der Waals surface area (Å²) in [5.74, 6) is -0.549. The van der Waals surface area contributed by atoms with Gasteiger partial charge in [-0.05, 0) is 48.5 Å². The zero-order valence-corrected chi connectivity index (χ0v) is 15.6. The Bertz CT molecular complexity index is 1040. The molecule has 5 nitrogen and oxygen atoms in total. The number of benzene rings is 3. The number of para-hydroxylation sites is 2. The van der Waals surface area contributed by atoms with Gasteiger partial charge in [0.1, 0.15) is 11.6 Å². The second-order valence-corrected chi connectivity index (χ2v) is 6.29. The SMILES string of the molecule is N#C/C(=C/N(c1ccccc1)c1ccc(N)cc1)C(=O)Nc1ccccc1Cl. The van der Waals surface area contributed by atoms with Gasteiger partial charge in [0, 0.05) is 23.3 Å². The van der Waals surface area contributed by atoms with E-state index in [0.29, 0.717) is 16.4 Å². The van der Waals surface area contributed by atoms with Gasteiger partial charge >= 0.3 is 0 Å². The van der Waals surface area contributed by atoms with Crippen LogP contribution in [-0.2, 0) is 4.79 Å². The highest BCUT2D eigenvalue weighted by atomic mass is 35.5. The molecule has 0 aliphatic rings. The Labute approximate surface area is 168 Å². The molecule has 0 bridgehead atoms. The largest absolute Gasteiger partial charge is 0.399 e. The number of amides is 1. The quantitative estimate of drug-likeness (QED) is 0.361. The summed E-state index contributed by atoms with van der Waals surface area (Å²) >= 11 is 6.09. The lowest BCUT2D eigenvalue weighted by atomic mass is 10.2. The van der Waals surface area contributed by atoms with E-state index in [1.807, 2.05) is 48.5 Å². The number of nitrogens with two attached hydrogens (primary N) is 1. The molecular weight excluding hydrogens is 372 g/mol. The van der Waals surface area contributed by atoms with Crippen LogP contribution in [0.3, 0.4) is 0 Å². The summed E-state index contributed by atoms with van der Waals surface area (Å²) in [6.07, 6.45) is 1.49. The summed E-state index contributed by atoms with van der Waals surface area (Å²) in [7, 11) is 0. The third-order valence-electron chi connectivity index (χ3n) is 3.95. The van der Waals surface area contributed by atoms with E-state index in [-0.39, 0.29) is 5.57 Å². The van der Waals surface area contributed by atoms with Gasteiger partial charge in [-0.3, -0.25) is 4.79 Å². The molecule has 0 spiro atoms. The molecule has 0 saturated carbocycles. The molecule has 1 amide bonds. The average Bonchev–Trinajstić information content (AvgIpc) is 2.72. The van der Waals surface area contributed by atoms with E-state index in [4.69, 9.17) is 17.3 Å². The van der Waals surface area contributed by atoms with Gasteiger partial charge in [0.05, 0.1) is 10.7 Å². The van der Waals surface area contributed by atoms with Crippen LogP contribution in [0, 0.1) is 11.3 Å². The van der Waals surface area contributed by atoms with Gasteiger partial charge in [0.2, 0.25) is 0 Å². The normalized spacial score (nSPS) is 10.8. The maximum Gasteiger partial charge on any atom is 0.267 e. The third-order valence-corrected chi connectivity index (χ3v) is 4.28. The number of hydrogen-bond donors (Lipinski definition) is 2. The lowest BCUT2D eigenvalue weighted by Crippen LogP contribution is -2.18. The molecule has 28 heavy (non-hydrogen) atoms. The Morgan fingerprint density at radius 2 is 1.57 bits per heavy atom. The monoisotopic (exact) mass is 388 g/mol. The smallest absolute Gasteiger partial charge is 0.267 e. The van der Waals surface area contributed by atoms with Crippen LogP contribution >= 0.6 is 11.6 Å². The maximum absolute atomic E-state index is 12.6. The minimum atomic E-state index is -0.549. The third kappa shape index (κ3) is 4.50. The van der Waals surface area contributed by atoms with Gasteiger partial charge in [0.15, 0.2) is 0 Å². The van der Waals surface area contributed by atoms with Crippen molar-refractivity contribution in [3.8, 4) is 6.07 Å². The van der Waals surface area contributed by atoms with Gasteiger partial charge in [-0.2, -0.15) is 5.26 Å². The van der Waals surface area contributed by atoms with Crippen molar-refractivity contribution in [2.75, 3.05) is 16.0 Å². The number of hydrogen-bond acceptors (Lipinski definition) is 4. The van der Waals surface area contributed by atoms with Crippen LogP contribution in [-0.4, -0.2) is 5.91 Å². The van der Waals surface area contributed by atoms with Crippen LogP contribution in [0.5, 0.6) is 0 Å². The summed E-state index contributed by atoms with van der Waals surface area (Å²) in [5.41, 5.74) is 8.33. The van der Waals surface area contributed by atoms with E-state index in [1.165, 1.54) is 6.20 Å². The average molecular weight is 389 g/mol. The Morgan fingerprint density at radius 3 is 2.21 bits per heavy atom. The minimum Gasteiger partial charge on any atom is -0.399 e. The number of anilines is 4. The van der Waals surface area contributed by atoms with Crippen molar-refractivity contribution >= 4 is 40.3 Å². The number of carbonyl (C=O) groups excluding carboxylic acids is 1. The van der Waals surface area contributed by atoms with E-state index in [0.717, 1.165) is 11.4 Å². The standard InChI is InChI=1S/C22H17ClN4O/c23-20-8-4-5-9-21(20)26-22(28)16(14-24)15-27(18-6-2-1-3-7-18)19-12-10-17(25)11-13-19/h1-13,15H,25H2,(H,26,28)/b16-15-. The zero-order chi connectivity index (χ0) is 19.9. The van der Waals surface area contributed by atoms with Crippen LogP contribution < -0.4 is 16.0 Å². The first-order valence-corrected chi connectivity index (χ1v) is 8.84. The molecule has 3 N–H and O–H groups in total.